The van der Waals surface area contributed by atoms with E-state index in [0.29, 0.717) is 0 Å². The van der Waals surface area contributed by atoms with Gasteiger partial charge in [0.1, 0.15) is 12.2 Å². The van der Waals surface area contributed by atoms with E-state index in [9.17, 15) is 22.8 Å². The Bertz CT molecular complexity index is 986. The monoisotopic (exact) mass is 553 g/mol. The summed E-state index contributed by atoms with van der Waals surface area (Å²) in [5, 5.41) is 3.62. The van der Waals surface area contributed by atoms with Crippen molar-refractivity contribution in [3.05, 3.63) is 10.4 Å². The Kier molecular flexibility index (Phi) is 11.0. The van der Waals surface area contributed by atoms with Crippen LogP contribution in [-0.4, -0.2) is 102 Å². The summed E-state index contributed by atoms with van der Waals surface area (Å²) in [5.74, 6) is -2.22. The van der Waals surface area contributed by atoms with Gasteiger partial charge in [0.05, 0.1) is 25.0 Å². The zero-order valence-electron chi connectivity index (χ0n) is 21.2. The molecule has 0 aromatic heterocycles. The summed E-state index contributed by atoms with van der Waals surface area (Å²) in [6.07, 6.45) is -8.25. The molecule has 0 unspecified atom stereocenters. The van der Waals surface area contributed by atoms with E-state index >= 15 is 0 Å². The number of azide groups is 1. The summed E-state index contributed by atoms with van der Waals surface area (Å²) in [7, 11) is -2.55. The molecule has 37 heavy (non-hydrogen) atoms. The van der Waals surface area contributed by atoms with Crippen molar-refractivity contribution in [2.75, 3.05) is 20.0 Å². The molecule has 17 heteroatoms. The third-order valence-electron chi connectivity index (χ3n) is 5.31. The van der Waals surface area contributed by atoms with Gasteiger partial charge in [-0.25, -0.2) is 0 Å². The summed E-state index contributed by atoms with van der Waals surface area (Å²) in [6.45, 7) is 4.58. The van der Waals surface area contributed by atoms with Crippen LogP contribution in [0.3, 0.4) is 0 Å². The van der Waals surface area contributed by atoms with Crippen molar-refractivity contribution in [3.8, 4) is 0 Å². The van der Waals surface area contributed by atoms with Crippen LogP contribution in [0.15, 0.2) is 5.11 Å². The number of hydrogen-bond acceptors (Lipinski definition) is 14. The molecule has 0 amide bonds. The zero-order chi connectivity index (χ0) is 27.9. The van der Waals surface area contributed by atoms with Crippen LogP contribution >= 0.6 is 0 Å². The van der Waals surface area contributed by atoms with Crippen LogP contribution in [0, 0.1) is 0 Å². The average Bonchev–Trinajstić information content (AvgIpc) is 2.76. The quantitative estimate of drug-likeness (QED) is 0.0893. The summed E-state index contributed by atoms with van der Waals surface area (Å²) in [6, 6.07) is -0.986. The molecule has 2 fully saturated rings. The number of hydrogen-bond donors (Lipinski definition) is 0. The number of methoxy groups -OCH3 is 1. The first-order chi connectivity index (χ1) is 17.2. The number of nitrogens with zero attached hydrogens (tertiary/aromatic N) is 3. The topological polar surface area (TPSA) is 208 Å². The van der Waals surface area contributed by atoms with Crippen LogP contribution in [0.5, 0.6) is 0 Å². The third-order valence-corrected chi connectivity index (χ3v) is 5.91. The van der Waals surface area contributed by atoms with Gasteiger partial charge in [-0.3, -0.25) is 18.6 Å². The van der Waals surface area contributed by atoms with Crippen molar-refractivity contribution >= 4 is 28.0 Å². The van der Waals surface area contributed by atoms with Crippen LogP contribution in [0.1, 0.15) is 34.1 Å². The third kappa shape index (κ3) is 9.07. The van der Waals surface area contributed by atoms with E-state index in [1.807, 2.05) is 0 Å². The molecule has 0 saturated carbocycles. The summed E-state index contributed by atoms with van der Waals surface area (Å²) < 4.78 is 66.6. The highest BCUT2D eigenvalue weighted by molar-refractivity contribution is 7.86. The molecule has 0 aliphatic carbocycles. The highest BCUT2D eigenvalue weighted by Gasteiger charge is 2.52. The standard InChI is InChI=1S/C20H31N3O13S/c1-9-14(36-37(6,27)28)7-13(22-23-21)19(31-9)30-8-15-16(32-10(2)24)17(33-11(3)25)18(34-12(4)26)20(29-5)35-15/h9,13-20H,7-8H2,1-6H3/t9-,13-,14+,15-,16-,17+,18-,19-,20+/m1/s1. The Hall–Kier alpha value is -2.53. The number of carbonyl (C=O) groups is 3. The normalized spacial score (nSPS) is 34.1. The van der Waals surface area contributed by atoms with Crippen molar-refractivity contribution in [1.82, 2.24) is 0 Å². The molecule has 2 rings (SSSR count). The molecule has 0 radical (unpaired) electrons. The van der Waals surface area contributed by atoms with Gasteiger partial charge in [-0.1, -0.05) is 5.11 Å². The molecule has 16 nitrogen and oxygen atoms in total. The maximum absolute atomic E-state index is 11.9. The van der Waals surface area contributed by atoms with Gasteiger partial charge in [-0.15, -0.1) is 0 Å². The molecule has 0 aromatic carbocycles. The Labute approximate surface area is 213 Å². The smallest absolute Gasteiger partial charge is 0.303 e. The minimum absolute atomic E-state index is 0.0346. The fourth-order valence-electron chi connectivity index (χ4n) is 3.96. The summed E-state index contributed by atoms with van der Waals surface area (Å²) >= 11 is 0. The Balaban J connectivity index is 2.28. The van der Waals surface area contributed by atoms with Gasteiger partial charge in [0.15, 0.2) is 30.9 Å². The lowest BCUT2D eigenvalue weighted by Gasteiger charge is -2.44. The Morgan fingerprint density at radius 3 is 2.05 bits per heavy atom. The molecule has 210 valence electrons. The lowest BCUT2D eigenvalue weighted by Crippen LogP contribution is -2.63. The van der Waals surface area contributed by atoms with E-state index in [0.717, 1.165) is 27.0 Å². The molecule has 9 atom stereocenters. The van der Waals surface area contributed by atoms with Crippen LogP contribution in [0.2, 0.25) is 0 Å². The Morgan fingerprint density at radius 2 is 1.54 bits per heavy atom. The predicted molar refractivity (Wildman–Crippen MR) is 120 cm³/mol. The fraction of sp³-hybridized carbons (Fsp3) is 0.850. The first-order valence-electron chi connectivity index (χ1n) is 11.1. The summed E-state index contributed by atoms with van der Waals surface area (Å²) in [4.78, 5) is 38.1. The molecule has 2 aliphatic rings. The second kappa shape index (κ2) is 13.3. The average molecular weight is 554 g/mol. The van der Waals surface area contributed by atoms with E-state index in [1.54, 1.807) is 6.92 Å². The van der Waals surface area contributed by atoms with Gasteiger partial charge in [-0.2, -0.15) is 8.42 Å². The summed E-state index contributed by atoms with van der Waals surface area (Å²) in [5.41, 5.74) is 8.97. The van der Waals surface area contributed by atoms with E-state index in [2.05, 4.69) is 10.0 Å². The minimum Gasteiger partial charge on any atom is -0.456 e. The van der Waals surface area contributed by atoms with Gasteiger partial charge in [0.2, 0.25) is 0 Å². The lowest BCUT2D eigenvalue weighted by atomic mass is 9.98. The van der Waals surface area contributed by atoms with Gasteiger partial charge in [0, 0.05) is 32.8 Å². The highest BCUT2D eigenvalue weighted by atomic mass is 32.2. The largest absolute Gasteiger partial charge is 0.456 e. The molecule has 2 saturated heterocycles. The van der Waals surface area contributed by atoms with Crippen molar-refractivity contribution in [1.29, 1.82) is 0 Å². The van der Waals surface area contributed by atoms with E-state index in [4.69, 9.17) is 42.9 Å². The maximum Gasteiger partial charge on any atom is 0.303 e. The number of esters is 3. The predicted octanol–water partition coefficient (Wildman–Crippen LogP) is 0.328. The number of carbonyl (C=O) groups excluding carboxylic acids is 3. The molecule has 2 aliphatic heterocycles. The van der Waals surface area contributed by atoms with Crippen molar-refractivity contribution in [2.24, 2.45) is 5.11 Å². The van der Waals surface area contributed by atoms with E-state index in [1.165, 1.54) is 7.11 Å². The molecule has 0 N–H and O–H groups in total. The second-order valence-corrected chi connectivity index (χ2v) is 9.99. The van der Waals surface area contributed by atoms with Crippen molar-refractivity contribution < 1.29 is 60.1 Å². The molecular formula is C20H31N3O13S. The van der Waals surface area contributed by atoms with Crippen LogP contribution in [0.25, 0.3) is 10.4 Å². The van der Waals surface area contributed by atoms with Crippen molar-refractivity contribution in [2.45, 2.75) is 89.4 Å². The van der Waals surface area contributed by atoms with Crippen molar-refractivity contribution in [3.63, 3.8) is 0 Å². The second-order valence-electron chi connectivity index (χ2n) is 8.39. The Morgan fingerprint density at radius 1 is 0.973 bits per heavy atom. The first-order valence-corrected chi connectivity index (χ1v) is 13.0. The SMILES string of the molecule is CO[C@H]1O[C@H](CO[C@@H]2O[C@H](C)[C@@H](OS(C)(=O)=O)C[C@H]2N=[N+]=[N-])[C@@H](OC(C)=O)[C@H](OC(C)=O)[C@H]1OC(C)=O. The molecule has 0 spiro atoms. The van der Waals surface area contributed by atoms with Gasteiger partial charge in [0.25, 0.3) is 10.1 Å². The molecule has 2 heterocycles. The molecule has 0 aromatic rings. The number of rotatable bonds is 10. The highest BCUT2D eigenvalue weighted by Crippen LogP contribution is 2.31. The maximum atomic E-state index is 11.9. The van der Waals surface area contributed by atoms with E-state index in [-0.39, 0.29) is 13.0 Å². The van der Waals surface area contributed by atoms with Crippen LogP contribution in [0.4, 0.5) is 0 Å². The van der Waals surface area contributed by atoms with Gasteiger partial charge in [-0.05, 0) is 18.9 Å². The van der Waals surface area contributed by atoms with Gasteiger partial charge >= 0.3 is 17.9 Å². The molecule has 0 bridgehead atoms. The lowest BCUT2D eigenvalue weighted by molar-refractivity contribution is -0.313. The van der Waals surface area contributed by atoms with E-state index < -0.39 is 83.3 Å². The fourth-order valence-corrected chi connectivity index (χ4v) is 4.64. The first kappa shape index (κ1) is 30.7. The van der Waals surface area contributed by atoms with Crippen LogP contribution < -0.4 is 0 Å². The number of ether oxygens (including phenoxy) is 7. The molecular weight excluding hydrogens is 522 g/mol. The minimum atomic E-state index is -3.82. The zero-order valence-corrected chi connectivity index (χ0v) is 22.0. The van der Waals surface area contributed by atoms with Crippen LogP contribution in [-0.2, 0) is 61.8 Å². The van der Waals surface area contributed by atoms with Gasteiger partial charge < -0.3 is 33.2 Å².